The van der Waals surface area contributed by atoms with Crippen LogP contribution < -0.4 is 5.46 Å². The van der Waals surface area contributed by atoms with E-state index in [1.165, 1.54) is 16.6 Å². The number of rotatable bonds is 0. The Hall–Kier alpha value is -2.33. The largest absolute Gasteiger partial charge is 0.218 e. The average Bonchev–Trinajstić information content (AvgIpc) is 2.94. The van der Waals surface area contributed by atoms with Gasteiger partial charge in [-0.1, -0.05) is 55.7 Å². The Morgan fingerprint density at radius 1 is 0.760 bits per heavy atom. The fourth-order valence-electron chi connectivity index (χ4n) is 4.35. The zero-order chi connectivity index (χ0) is 17.6. The molecule has 3 aromatic rings. The highest BCUT2D eigenvalue weighted by molar-refractivity contribution is 7.92. The Kier molecular flexibility index (Phi) is 2.66. The molecule has 25 heavy (non-hydrogen) atoms. The molecule has 2 nitrogen and oxygen atoms in total. The topological polar surface area (TPSA) is 34.1 Å². The molecule has 1 heterocycles. The summed E-state index contributed by atoms with van der Waals surface area (Å²) < 4.78 is 26.0. The lowest BCUT2D eigenvalue weighted by Crippen LogP contribution is -2.17. The summed E-state index contributed by atoms with van der Waals surface area (Å²) in [6.45, 7) is 4.44. The van der Waals surface area contributed by atoms with E-state index >= 15 is 0 Å². The second-order valence-corrected chi connectivity index (χ2v) is 9.45. The highest BCUT2D eigenvalue weighted by Crippen LogP contribution is 2.53. The summed E-state index contributed by atoms with van der Waals surface area (Å²) in [6.07, 6.45) is 0. The first kappa shape index (κ1) is 15.0. The van der Waals surface area contributed by atoms with Gasteiger partial charge in [0.25, 0.3) is 0 Å². The number of hydrogen-bond acceptors (Lipinski definition) is 2. The minimum atomic E-state index is -3.43. The average molecular weight is 344 g/mol. The smallest absolute Gasteiger partial charge is 0.207 e. The van der Waals surface area contributed by atoms with Gasteiger partial charge in [0.1, 0.15) is 7.85 Å². The highest BCUT2D eigenvalue weighted by atomic mass is 32.2. The Morgan fingerprint density at radius 3 is 2.28 bits per heavy atom. The van der Waals surface area contributed by atoms with Crippen LogP contribution in [0.3, 0.4) is 0 Å². The molecule has 4 heteroatoms. The first-order valence-corrected chi connectivity index (χ1v) is 9.94. The van der Waals surface area contributed by atoms with Crippen LogP contribution in [0.1, 0.15) is 25.0 Å². The third-order valence-corrected chi connectivity index (χ3v) is 7.54. The van der Waals surface area contributed by atoms with Crippen molar-refractivity contribution in [1.29, 1.82) is 0 Å². The van der Waals surface area contributed by atoms with Crippen molar-refractivity contribution in [2.45, 2.75) is 29.1 Å². The van der Waals surface area contributed by atoms with E-state index < -0.39 is 9.84 Å². The van der Waals surface area contributed by atoms with Crippen LogP contribution in [-0.2, 0) is 15.3 Å². The van der Waals surface area contributed by atoms with Crippen molar-refractivity contribution in [3.05, 3.63) is 65.7 Å². The molecule has 0 N–H and O–H groups in total. The van der Waals surface area contributed by atoms with E-state index in [1.54, 1.807) is 12.1 Å². The monoisotopic (exact) mass is 344 g/mol. The quantitative estimate of drug-likeness (QED) is 0.460. The molecule has 0 unspecified atom stereocenters. The van der Waals surface area contributed by atoms with Crippen molar-refractivity contribution >= 4 is 23.1 Å². The second kappa shape index (κ2) is 4.44. The van der Waals surface area contributed by atoms with Crippen molar-refractivity contribution in [2.75, 3.05) is 0 Å². The zero-order valence-electron chi connectivity index (χ0n) is 14.4. The van der Waals surface area contributed by atoms with Crippen LogP contribution in [0.2, 0.25) is 0 Å². The highest BCUT2D eigenvalue weighted by Gasteiger charge is 2.40. The fourth-order valence-corrected chi connectivity index (χ4v) is 6.04. The van der Waals surface area contributed by atoms with Crippen molar-refractivity contribution in [3.8, 4) is 22.3 Å². The van der Waals surface area contributed by atoms with Crippen LogP contribution in [0.5, 0.6) is 0 Å². The molecule has 0 saturated heterocycles. The molecular formula is C21H17BO2S. The molecule has 2 aliphatic rings. The first-order valence-electron chi connectivity index (χ1n) is 8.46. The Morgan fingerprint density at radius 2 is 1.48 bits per heavy atom. The van der Waals surface area contributed by atoms with Crippen LogP contribution >= 0.6 is 0 Å². The Bertz CT molecular complexity index is 1190. The first-order chi connectivity index (χ1) is 11.8. The lowest BCUT2D eigenvalue weighted by Gasteiger charge is -2.22. The second-order valence-electron chi connectivity index (χ2n) is 7.57. The molecule has 0 radical (unpaired) electrons. The zero-order valence-corrected chi connectivity index (χ0v) is 15.2. The predicted molar refractivity (Wildman–Crippen MR) is 103 cm³/mol. The van der Waals surface area contributed by atoms with Crippen LogP contribution in [0.4, 0.5) is 0 Å². The Balaban J connectivity index is 1.89. The summed E-state index contributed by atoms with van der Waals surface area (Å²) in [7, 11) is -1.34. The summed E-state index contributed by atoms with van der Waals surface area (Å²) in [4.78, 5) is 0.868. The third kappa shape index (κ3) is 1.73. The molecule has 3 aromatic carbocycles. The summed E-state index contributed by atoms with van der Waals surface area (Å²) in [5.74, 6) is 0. The van der Waals surface area contributed by atoms with Gasteiger partial charge in [0, 0.05) is 16.5 Å². The van der Waals surface area contributed by atoms with Gasteiger partial charge in [-0.15, -0.1) is 0 Å². The number of sulfone groups is 1. The van der Waals surface area contributed by atoms with E-state index in [-0.39, 0.29) is 5.41 Å². The van der Waals surface area contributed by atoms with E-state index in [4.69, 9.17) is 0 Å². The summed E-state index contributed by atoms with van der Waals surface area (Å²) in [5.41, 5.74) is 7.44. The van der Waals surface area contributed by atoms with Crippen molar-refractivity contribution in [1.82, 2.24) is 0 Å². The van der Waals surface area contributed by atoms with Gasteiger partial charge >= 0.3 is 0 Å². The van der Waals surface area contributed by atoms with Gasteiger partial charge in [-0.05, 0) is 40.5 Å². The van der Waals surface area contributed by atoms with Crippen LogP contribution in [0.15, 0.2) is 64.4 Å². The summed E-state index contributed by atoms with van der Waals surface area (Å²) in [5, 5.41) is 0. The maximum absolute atomic E-state index is 13.0. The van der Waals surface area contributed by atoms with Crippen LogP contribution in [0.25, 0.3) is 22.3 Å². The summed E-state index contributed by atoms with van der Waals surface area (Å²) in [6, 6.07) is 17.7. The van der Waals surface area contributed by atoms with Gasteiger partial charge < -0.3 is 0 Å². The van der Waals surface area contributed by atoms with Gasteiger partial charge in [-0.3, -0.25) is 0 Å². The molecule has 0 atom stereocenters. The molecule has 5 rings (SSSR count). The number of benzene rings is 3. The lowest BCUT2D eigenvalue weighted by atomic mass is 9.79. The molecule has 122 valence electrons. The molecular weight excluding hydrogens is 327 g/mol. The molecule has 0 spiro atoms. The van der Waals surface area contributed by atoms with Gasteiger partial charge in [0.05, 0.1) is 9.79 Å². The van der Waals surface area contributed by atoms with E-state index in [0.717, 1.165) is 22.3 Å². The minimum Gasteiger partial charge on any atom is -0.218 e. The maximum atomic E-state index is 13.0. The Labute approximate surface area is 148 Å². The van der Waals surface area contributed by atoms with Gasteiger partial charge in [-0.2, -0.15) is 0 Å². The van der Waals surface area contributed by atoms with Crippen LogP contribution in [-0.4, -0.2) is 16.3 Å². The molecule has 0 fully saturated rings. The van der Waals surface area contributed by atoms with Crippen molar-refractivity contribution < 1.29 is 8.42 Å². The van der Waals surface area contributed by atoms with E-state index in [2.05, 4.69) is 46.0 Å². The van der Waals surface area contributed by atoms with Crippen molar-refractivity contribution in [2.24, 2.45) is 0 Å². The number of hydrogen-bond donors (Lipinski definition) is 0. The summed E-state index contributed by atoms with van der Waals surface area (Å²) >= 11 is 0. The standard InChI is InChI=1S/C21H17BO2S/c1-21(2)17-9-12(22)7-8-13(17)15-11-20-16(10-18(15)21)14-5-3-4-6-19(14)25(20,23)24/h3-11H,22H2,1-2H3. The third-order valence-electron chi connectivity index (χ3n) is 5.69. The van der Waals surface area contributed by atoms with Gasteiger partial charge in [0.15, 0.2) is 0 Å². The number of fused-ring (bicyclic) bond motifs is 6. The molecule has 0 aromatic heterocycles. The van der Waals surface area contributed by atoms with E-state index in [1.807, 2.05) is 18.2 Å². The van der Waals surface area contributed by atoms with Gasteiger partial charge in [-0.25, -0.2) is 8.42 Å². The van der Waals surface area contributed by atoms with E-state index in [9.17, 15) is 8.42 Å². The predicted octanol–water partition coefficient (Wildman–Crippen LogP) is 3.06. The van der Waals surface area contributed by atoms with E-state index in [0.29, 0.717) is 9.79 Å². The fraction of sp³-hybridized carbons (Fsp3) is 0.143. The van der Waals surface area contributed by atoms with Crippen molar-refractivity contribution in [3.63, 3.8) is 0 Å². The lowest BCUT2D eigenvalue weighted by molar-refractivity contribution is 0.598. The van der Waals surface area contributed by atoms with Crippen LogP contribution in [0, 0.1) is 0 Å². The molecule has 1 aliphatic heterocycles. The minimum absolute atomic E-state index is 0.132. The molecule has 1 aliphatic carbocycles. The molecule has 0 bridgehead atoms. The molecule has 0 amide bonds. The maximum Gasteiger partial charge on any atom is 0.207 e. The molecule has 0 saturated carbocycles. The normalized spacial score (nSPS) is 17.5. The van der Waals surface area contributed by atoms with Gasteiger partial charge in [0.2, 0.25) is 9.84 Å². The SMILES string of the molecule is Bc1ccc2c(c1)C(C)(C)c1cc3c(cc1-2)S(=O)(=O)c1ccccc1-3.